The first-order valence-corrected chi connectivity index (χ1v) is 7.69. The number of aryl methyl sites for hydroxylation is 1. The van der Waals surface area contributed by atoms with E-state index in [1.165, 1.54) is 7.11 Å². The normalized spacial score (nSPS) is 10.7. The number of hydrogen-bond acceptors (Lipinski definition) is 4. The predicted octanol–water partition coefficient (Wildman–Crippen LogP) is 3.94. The van der Waals surface area contributed by atoms with Crippen molar-refractivity contribution in [3.8, 4) is 39.8 Å². The summed E-state index contributed by atoms with van der Waals surface area (Å²) in [6, 6.07) is 12.4. The molecule has 0 amide bonds. The van der Waals surface area contributed by atoms with Crippen molar-refractivity contribution in [1.29, 1.82) is 0 Å². The van der Waals surface area contributed by atoms with Crippen LogP contribution in [0.1, 0.15) is 0 Å². The first-order chi connectivity index (χ1) is 11.0. The Morgan fingerprint density at radius 2 is 1.70 bits per heavy atom. The maximum Gasteiger partial charge on any atom is 0.161 e. The highest BCUT2D eigenvalue weighted by atomic mass is 79.9. The van der Waals surface area contributed by atoms with Gasteiger partial charge >= 0.3 is 0 Å². The van der Waals surface area contributed by atoms with Gasteiger partial charge in [-0.05, 0) is 58.4 Å². The maximum atomic E-state index is 9.71. The monoisotopic (exact) mass is 374 g/mol. The number of halogens is 1. The molecule has 0 radical (unpaired) electrons. The number of phenolic OH excluding ortho intramolecular Hbond substituents is 2. The van der Waals surface area contributed by atoms with Crippen LogP contribution in [0.5, 0.6) is 17.2 Å². The van der Waals surface area contributed by atoms with Crippen molar-refractivity contribution in [2.45, 2.75) is 0 Å². The van der Waals surface area contributed by atoms with Crippen molar-refractivity contribution in [2.24, 2.45) is 7.05 Å². The Labute approximate surface area is 141 Å². The molecular weight excluding hydrogens is 360 g/mol. The molecule has 2 N–H and O–H groups in total. The Bertz CT molecular complexity index is 874. The van der Waals surface area contributed by atoms with Crippen molar-refractivity contribution in [1.82, 2.24) is 9.78 Å². The molecule has 6 heteroatoms. The smallest absolute Gasteiger partial charge is 0.161 e. The van der Waals surface area contributed by atoms with Crippen LogP contribution in [0.2, 0.25) is 0 Å². The molecule has 23 heavy (non-hydrogen) atoms. The molecule has 0 atom stereocenters. The molecular formula is C17H15BrN2O3. The van der Waals surface area contributed by atoms with Crippen LogP contribution < -0.4 is 4.74 Å². The number of aromatic hydroxyl groups is 2. The van der Waals surface area contributed by atoms with Gasteiger partial charge in [0.15, 0.2) is 11.5 Å². The largest absolute Gasteiger partial charge is 0.507 e. The molecule has 0 fully saturated rings. The van der Waals surface area contributed by atoms with Gasteiger partial charge in [-0.15, -0.1) is 0 Å². The molecule has 3 rings (SSSR count). The van der Waals surface area contributed by atoms with Crippen LogP contribution in [0.25, 0.3) is 22.5 Å². The zero-order valence-electron chi connectivity index (χ0n) is 12.6. The summed E-state index contributed by atoms with van der Waals surface area (Å²) in [5.74, 6) is 0.701. The van der Waals surface area contributed by atoms with Crippen molar-refractivity contribution < 1.29 is 14.9 Å². The van der Waals surface area contributed by atoms with E-state index in [1.807, 2.05) is 31.3 Å². The lowest BCUT2D eigenvalue weighted by Crippen LogP contribution is -1.94. The summed E-state index contributed by atoms with van der Waals surface area (Å²) in [7, 11) is 3.37. The quantitative estimate of drug-likeness (QED) is 0.728. The van der Waals surface area contributed by atoms with E-state index < -0.39 is 0 Å². The molecule has 2 aromatic carbocycles. The van der Waals surface area contributed by atoms with E-state index in [4.69, 9.17) is 4.74 Å². The highest BCUT2D eigenvalue weighted by Gasteiger charge is 2.12. The zero-order chi connectivity index (χ0) is 16.6. The third-order valence-electron chi connectivity index (χ3n) is 3.60. The molecule has 0 spiro atoms. The fourth-order valence-corrected chi connectivity index (χ4v) is 2.76. The number of aromatic nitrogens is 2. The van der Waals surface area contributed by atoms with Gasteiger partial charge in [0.25, 0.3) is 0 Å². The lowest BCUT2D eigenvalue weighted by Gasteiger charge is -2.06. The minimum Gasteiger partial charge on any atom is -0.507 e. The molecule has 0 saturated heterocycles. The van der Waals surface area contributed by atoms with Crippen molar-refractivity contribution in [3.63, 3.8) is 0 Å². The topological polar surface area (TPSA) is 67.5 Å². The first-order valence-electron chi connectivity index (χ1n) is 6.90. The van der Waals surface area contributed by atoms with Gasteiger partial charge in [-0.25, -0.2) is 0 Å². The third-order valence-corrected chi connectivity index (χ3v) is 4.23. The summed E-state index contributed by atoms with van der Waals surface area (Å²) in [4.78, 5) is 0. The van der Waals surface area contributed by atoms with Gasteiger partial charge in [0.1, 0.15) is 5.75 Å². The van der Waals surface area contributed by atoms with E-state index in [0.717, 1.165) is 22.5 Å². The lowest BCUT2D eigenvalue weighted by atomic mass is 10.1. The van der Waals surface area contributed by atoms with E-state index in [9.17, 15) is 10.2 Å². The summed E-state index contributed by atoms with van der Waals surface area (Å²) in [5, 5.41) is 23.8. The maximum absolute atomic E-state index is 9.71. The molecule has 5 nitrogen and oxygen atoms in total. The van der Waals surface area contributed by atoms with Gasteiger partial charge in [-0.3, -0.25) is 4.68 Å². The van der Waals surface area contributed by atoms with E-state index in [0.29, 0.717) is 10.2 Å². The molecule has 0 bridgehead atoms. The van der Waals surface area contributed by atoms with Crippen LogP contribution in [0.4, 0.5) is 0 Å². The van der Waals surface area contributed by atoms with E-state index in [1.54, 1.807) is 22.9 Å². The molecule has 0 aliphatic carbocycles. The lowest BCUT2D eigenvalue weighted by molar-refractivity contribution is 0.373. The summed E-state index contributed by atoms with van der Waals surface area (Å²) in [5.41, 5.74) is 3.46. The Morgan fingerprint density at radius 1 is 1.00 bits per heavy atom. The van der Waals surface area contributed by atoms with Crippen LogP contribution in [-0.4, -0.2) is 27.1 Å². The number of phenols is 2. The Kier molecular flexibility index (Phi) is 4.00. The number of methoxy groups -OCH3 is 1. The second-order valence-electron chi connectivity index (χ2n) is 5.09. The second kappa shape index (κ2) is 5.96. The summed E-state index contributed by atoms with van der Waals surface area (Å²) in [6.45, 7) is 0. The highest BCUT2D eigenvalue weighted by Crippen LogP contribution is 2.34. The average molecular weight is 375 g/mol. The molecule has 3 aromatic rings. The predicted molar refractivity (Wildman–Crippen MR) is 91.7 cm³/mol. The molecule has 0 saturated carbocycles. The fraction of sp³-hybridized carbons (Fsp3) is 0.118. The summed E-state index contributed by atoms with van der Waals surface area (Å²) in [6.07, 6.45) is 0. The first kappa shape index (κ1) is 15.4. The SMILES string of the molecule is COc1cc(-c2cc(-c3ccc(O)c(Br)c3)nn2C)ccc1O. The number of hydrogen-bond donors (Lipinski definition) is 2. The molecule has 1 aromatic heterocycles. The number of ether oxygens (including phenoxy) is 1. The van der Waals surface area contributed by atoms with Crippen molar-refractivity contribution >= 4 is 15.9 Å². The van der Waals surface area contributed by atoms with Crippen LogP contribution in [0.15, 0.2) is 46.9 Å². The van der Waals surface area contributed by atoms with Crippen LogP contribution >= 0.6 is 15.9 Å². The average Bonchev–Trinajstić information content (AvgIpc) is 2.92. The van der Waals surface area contributed by atoms with Gasteiger partial charge in [-0.2, -0.15) is 5.10 Å². The van der Waals surface area contributed by atoms with Crippen molar-refractivity contribution in [3.05, 3.63) is 46.9 Å². The second-order valence-corrected chi connectivity index (χ2v) is 5.95. The number of rotatable bonds is 3. The van der Waals surface area contributed by atoms with E-state index >= 15 is 0 Å². The Balaban J connectivity index is 2.06. The fourth-order valence-electron chi connectivity index (χ4n) is 2.38. The van der Waals surface area contributed by atoms with E-state index in [-0.39, 0.29) is 11.5 Å². The van der Waals surface area contributed by atoms with Crippen LogP contribution in [0, 0.1) is 0 Å². The Hall–Kier alpha value is -2.47. The minimum absolute atomic E-state index is 0.0982. The number of benzene rings is 2. The molecule has 118 valence electrons. The van der Waals surface area contributed by atoms with Gasteiger partial charge in [0.05, 0.1) is 23.0 Å². The van der Waals surface area contributed by atoms with Crippen molar-refractivity contribution in [2.75, 3.05) is 7.11 Å². The minimum atomic E-state index is 0.0982. The molecule has 0 unspecified atom stereocenters. The zero-order valence-corrected chi connectivity index (χ0v) is 14.2. The van der Waals surface area contributed by atoms with Crippen LogP contribution in [0.3, 0.4) is 0 Å². The Morgan fingerprint density at radius 3 is 2.39 bits per heavy atom. The third kappa shape index (κ3) is 2.90. The summed E-state index contributed by atoms with van der Waals surface area (Å²) >= 11 is 3.31. The van der Waals surface area contributed by atoms with Gasteiger partial charge in [-0.1, -0.05) is 0 Å². The van der Waals surface area contributed by atoms with Gasteiger partial charge in [0, 0.05) is 18.2 Å². The molecule has 0 aliphatic rings. The van der Waals surface area contributed by atoms with Crippen LogP contribution in [-0.2, 0) is 7.05 Å². The van der Waals surface area contributed by atoms with E-state index in [2.05, 4.69) is 21.0 Å². The summed E-state index contributed by atoms with van der Waals surface area (Å²) < 4.78 is 7.54. The molecule has 0 aliphatic heterocycles. The van der Waals surface area contributed by atoms with Gasteiger partial charge in [0.2, 0.25) is 0 Å². The standard InChI is InChI=1S/C17H15BrN2O3/c1-20-14(11-4-6-16(22)17(8-11)23-2)9-13(19-20)10-3-5-15(21)12(18)7-10/h3-9,21-22H,1-2H3. The van der Waals surface area contributed by atoms with Gasteiger partial charge < -0.3 is 14.9 Å². The molecule has 1 heterocycles. The number of nitrogens with zero attached hydrogens (tertiary/aromatic N) is 2. The highest BCUT2D eigenvalue weighted by molar-refractivity contribution is 9.10.